The third-order valence-corrected chi connectivity index (χ3v) is 11.3. The van der Waals surface area contributed by atoms with Gasteiger partial charge in [-0.2, -0.15) is 0 Å². The van der Waals surface area contributed by atoms with Crippen LogP contribution in [0.5, 0.6) is 0 Å². The van der Waals surface area contributed by atoms with E-state index in [-0.39, 0.29) is 11.5 Å². The van der Waals surface area contributed by atoms with E-state index in [4.69, 9.17) is 0 Å². The minimum absolute atomic E-state index is 0.0329. The van der Waals surface area contributed by atoms with Crippen LogP contribution in [0.15, 0.2) is 11.6 Å². The number of allylic oxidation sites excluding steroid dienone is 1. The maximum atomic E-state index is 16.2. The number of alkyl halides is 1. The van der Waals surface area contributed by atoms with Crippen molar-refractivity contribution in [3.8, 4) is 0 Å². The van der Waals surface area contributed by atoms with E-state index in [1.165, 1.54) is 25.0 Å². The highest BCUT2D eigenvalue weighted by molar-refractivity contribution is 5.08. The van der Waals surface area contributed by atoms with Crippen LogP contribution in [0.4, 0.5) is 4.39 Å². The summed E-state index contributed by atoms with van der Waals surface area (Å²) < 4.78 is 16.2. The zero-order valence-corrected chi connectivity index (χ0v) is 28.2. The first-order valence-electron chi connectivity index (χ1n) is 16.6. The van der Waals surface area contributed by atoms with Crippen LogP contribution in [0, 0.1) is 35.5 Å². The summed E-state index contributed by atoms with van der Waals surface area (Å²) in [5, 5.41) is 0. The topological polar surface area (TPSA) is 9.72 Å². The van der Waals surface area contributed by atoms with Crippen molar-refractivity contribution in [2.45, 2.75) is 151 Å². The van der Waals surface area contributed by atoms with Gasteiger partial charge in [0.1, 0.15) is 5.67 Å². The Bertz CT molecular complexity index is 807. The number of rotatable bonds is 14. The van der Waals surface area contributed by atoms with Crippen molar-refractivity contribution in [3.63, 3.8) is 0 Å². The summed E-state index contributed by atoms with van der Waals surface area (Å²) >= 11 is 0. The number of nitrogens with zero attached hydrogens (tertiary/aromatic N) is 3. The molecule has 7 unspecified atom stereocenters. The summed E-state index contributed by atoms with van der Waals surface area (Å²) in [4.78, 5) is 7.81. The Kier molecular flexibility index (Phi) is 10.9. The van der Waals surface area contributed by atoms with Crippen LogP contribution in [0.1, 0.15) is 116 Å². The maximum absolute atomic E-state index is 16.2. The number of halogens is 1. The van der Waals surface area contributed by atoms with Crippen LogP contribution in [0.2, 0.25) is 0 Å². The van der Waals surface area contributed by atoms with Crippen LogP contribution < -0.4 is 0 Å². The molecule has 0 spiro atoms. The predicted octanol–water partition coefficient (Wildman–Crippen LogP) is 8.30. The minimum Gasteiger partial charge on any atom is -0.297 e. The molecule has 0 bridgehead atoms. The van der Waals surface area contributed by atoms with Crippen molar-refractivity contribution >= 4 is 0 Å². The van der Waals surface area contributed by atoms with E-state index in [1.807, 2.05) is 0 Å². The predicted molar refractivity (Wildman–Crippen MR) is 168 cm³/mol. The average molecular weight is 548 g/mol. The second-order valence-corrected chi connectivity index (χ2v) is 16.1. The summed E-state index contributed by atoms with van der Waals surface area (Å²) in [7, 11) is 0. The first kappa shape index (κ1) is 33.1. The smallest absolute Gasteiger partial charge is 0.138 e. The van der Waals surface area contributed by atoms with E-state index in [0.717, 1.165) is 43.2 Å². The van der Waals surface area contributed by atoms with Gasteiger partial charge in [0.2, 0.25) is 0 Å². The zero-order chi connectivity index (χ0) is 29.4. The molecule has 0 aromatic carbocycles. The zero-order valence-electron chi connectivity index (χ0n) is 28.2. The Labute approximate surface area is 243 Å². The Hall–Kier alpha value is -0.450. The highest BCUT2D eigenvalue weighted by atomic mass is 19.1. The molecule has 3 aliphatic heterocycles. The fourth-order valence-electron chi connectivity index (χ4n) is 8.32. The lowest BCUT2D eigenvalue weighted by Gasteiger charge is -2.59. The lowest BCUT2D eigenvalue weighted by Crippen LogP contribution is -2.68. The van der Waals surface area contributed by atoms with E-state index < -0.39 is 5.67 Å². The summed E-state index contributed by atoms with van der Waals surface area (Å²) in [5.74, 6) is 3.82. The Morgan fingerprint density at radius 2 is 1.51 bits per heavy atom. The van der Waals surface area contributed by atoms with Gasteiger partial charge in [0.25, 0.3) is 0 Å². The molecule has 228 valence electrons. The van der Waals surface area contributed by atoms with Crippen LogP contribution in [-0.4, -0.2) is 76.3 Å². The monoisotopic (exact) mass is 548 g/mol. The molecule has 3 aliphatic rings. The van der Waals surface area contributed by atoms with Crippen molar-refractivity contribution in [3.05, 3.63) is 11.6 Å². The molecule has 3 fully saturated rings. The average Bonchev–Trinajstić information content (AvgIpc) is 2.71. The standard InChI is InChI=1S/C35H66FN3/c1-23(2)14-17-32-30(24(3)4)20-39(32)34(12,13)18-28(10)35(36)21-37(22-35)29(11)16-15-27(9)31-19-38(26(7)8)33(31)25(5)6/h14,24-33H,15-22H2,1-13H3. The summed E-state index contributed by atoms with van der Waals surface area (Å²) in [6, 6.07) is 2.44. The molecule has 0 amide bonds. The lowest BCUT2D eigenvalue weighted by atomic mass is 9.70. The number of hydrogen-bond donors (Lipinski definition) is 0. The van der Waals surface area contributed by atoms with Gasteiger partial charge in [0, 0.05) is 55.9 Å². The third kappa shape index (κ3) is 7.31. The Morgan fingerprint density at radius 3 is 2.03 bits per heavy atom. The van der Waals surface area contributed by atoms with Gasteiger partial charge in [-0.3, -0.25) is 14.7 Å². The van der Waals surface area contributed by atoms with Crippen molar-refractivity contribution in [2.24, 2.45) is 35.5 Å². The van der Waals surface area contributed by atoms with Gasteiger partial charge < -0.3 is 0 Å². The lowest BCUT2D eigenvalue weighted by molar-refractivity contribution is -0.123. The minimum atomic E-state index is -1.04. The molecule has 3 saturated heterocycles. The molecule has 0 N–H and O–H groups in total. The second kappa shape index (κ2) is 12.8. The first-order valence-corrected chi connectivity index (χ1v) is 16.6. The fourth-order valence-corrected chi connectivity index (χ4v) is 8.32. The van der Waals surface area contributed by atoms with Crippen LogP contribution in [-0.2, 0) is 0 Å². The molecule has 0 aromatic heterocycles. The van der Waals surface area contributed by atoms with Gasteiger partial charge in [-0.15, -0.1) is 0 Å². The van der Waals surface area contributed by atoms with Gasteiger partial charge >= 0.3 is 0 Å². The normalized spacial score (nSPS) is 30.6. The van der Waals surface area contributed by atoms with Gasteiger partial charge in [0.05, 0.1) is 0 Å². The van der Waals surface area contributed by atoms with E-state index in [0.29, 0.717) is 43.1 Å². The van der Waals surface area contributed by atoms with Crippen LogP contribution >= 0.6 is 0 Å². The molecule has 39 heavy (non-hydrogen) atoms. The fraction of sp³-hybridized carbons (Fsp3) is 0.943. The van der Waals surface area contributed by atoms with E-state index in [2.05, 4.69) is 111 Å². The van der Waals surface area contributed by atoms with Gasteiger partial charge in [0.15, 0.2) is 0 Å². The van der Waals surface area contributed by atoms with E-state index >= 15 is 4.39 Å². The molecule has 7 atom stereocenters. The molecule has 0 saturated carbocycles. The van der Waals surface area contributed by atoms with Crippen molar-refractivity contribution in [2.75, 3.05) is 26.2 Å². The SMILES string of the molecule is CC(C)=CCC1C(C(C)C)CN1C(C)(C)CC(C)C1(F)CN(C(C)CCC(C)C2CN(C(C)C)C2C(C)C)C1. The van der Waals surface area contributed by atoms with Crippen LogP contribution in [0.3, 0.4) is 0 Å². The number of likely N-dealkylation sites (tertiary alicyclic amines) is 3. The molecule has 3 heterocycles. The molecule has 4 heteroatoms. The van der Waals surface area contributed by atoms with E-state index in [9.17, 15) is 0 Å². The Balaban J connectivity index is 1.48. The van der Waals surface area contributed by atoms with Crippen molar-refractivity contribution in [1.82, 2.24) is 14.7 Å². The molecule has 3 nitrogen and oxygen atoms in total. The van der Waals surface area contributed by atoms with Gasteiger partial charge in [-0.1, -0.05) is 53.2 Å². The van der Waals surface area contributed by atoms with E-state index in [1.54, 1.807) is 0 Å². The quantitative estimate of drug-likeness (QED) is 0.203. The molecule has 0 aliphatic carbocycles. The Morgan fingerprint density at radius 1 is 0.897 bits per heavy atom. The highest BCUT2D eigenvalue weighted by Crippen LogP contribution is 2.45. The van der Waals surface area contributed by atoms with Crippen LogP contribution in [0.25, 0.3) is 0 Å². The maximum Gasteiger partial charge on any atom is 0.138 e. The molecular formula is C35H66FN3. The molecule has 0 radical (unpaired) electrons. The highest BCUT2D eigenvalue weighted by Gasteiger charge is 2.53. The third-order valence-electron chi connectivity index (χ3n) is 11.3. The first-order chi connectivity index (χ1) is 18.0. The van der Waals surface area contributed by atoms with Crippen molar-refractivity contribution < 1.29 is 4.39 Å². The summed E-state index contributed by atoms with van der Waals surface area (Å²) in [6.45, 7) is 33.9. The van der Waals surface area contributed by atoms with Gasteiger partial charge in [-0.05, 0) is 110 Å². The number of hydrogen-bond acceptors (Lipinski definition) is 3. The summed E-state index contributed by atoms with van der Waals surface area (Å²) in [5.41, 5.74) is 0.398. The molecular weight excluding hydrogens is 481 g/mol. The largest absolute Gasteiger partial charge is 0.297 e. The summed E-state index contributed by atoms with van der Waals surface area (Å²) in [6.07, 6.45) is 6.92. The van der Waals surface area contributed by atoms with Gasteiger partial charge in [-0.25, -0.2) is 4.39 Å². The second-order valence-electron chi connectivity index (χ2n) is 16.1. The molecule has 0 aromatic rings. The molecule has 3 rings (SSSR count). The van der Waals surface area contributed by atoms with Crippen molar-refractivity contribution in [1.29, 1.82) is 0 Å².